The fourth-order valence-corrected chi connectivity index (χ4v) is 5.98. The topological polar surface area (TPSA) is 90.7 Å². The zero-order valence-electron chi connectivity index (χ0n) is 15.6. The molecule has 0 radical (unpaired) electrons. The molecule has 0 spiro atoms. The molecule has 2 N–H and O–H groups in total. The molecule has 1 aliphatic rings. The minimum Gasteiger partial charge on any atom is -0.356 e. The number of benzene rings is 1. The summed E-state index contributed by atoms with van der Waals surface area (Å²) in [4.78, 5) is 13.6. The van der Waals surface area contributed by atoms with Crippen molar-refractivity contribution >= 4 is 50.5 Å². The van der Waals surface area contributed by atoms with E-state index in [1.165, 1.54) is 33.5 Å². The highest BCUT2D eigenvalue weighted by molar-refractivity contribution is 8.01. The molecular weight excluding hydrogens is 422 g/mol. The average Bonchev–Trinajstić information content (AvgIpc) is 3.35. The number of thioether (sulfide) groups is 1. The fraction of sp³-hybridized carbons (Fsp3) is 0.300. The zero-order chi connectivity index (χ0) is 20.1. The number of hydrogen-bond acceptors (Lipinski definition) is 8. The second-order valence-electron chi connectivity index (χ2n) is 6.58. The molecule has 6 nitrogen and oxygen atoms in total. The number of carbonyl (C=O) groups is 1. The highest BCUT2D eigenvalue weighted by Gasteiger charge is 2.21. The van der Waals surface area contributed by atoms with Crippen LogP contribution in [0.1, 0.15) is 34.4 Å². The summed E-state index contributed by atoms with van der Waals surface area (Å²) in [5.74, 6) is 0.111. The van der Waals surface area contributed by atoms with Gasteiger partial charge in [0.15, 0.2) is 4.34 Å². The molecule has 0 bridgehead atoms. The van der Waals surface area contributed by atoms with Crippen LogP contribution in [0.3, 0.4) is 0 Å². The highest BCUT2D eigenvalue weighted by Crippen LogP contribution is 2.37. The summed E-state index contributed by atoms with van der Waals surface area (Å²) < 4.78 is 0.738. The van der Waals surface area contributed by atoms with Crippen molar-refractivity contribution in [3.63, 3.8) is 0 Å². The number of thiophene rings is 1. The summed E-state index contributed by atoms with van der Waals surface area (Å²) in [6, 6.07) is 12.4. The number of nitrogens with one attached hydrogen (secondary N) is 2. The van der Waals surface area contributed by atoms with Gasteiger partial charge in [-0.2, -0.15) is 5.26 Å². The molecule has 1 aliphatic carbocycles. The van der Waals surface area contributed by atoms with Gasteiger partial charge in [-0.25, -0.2) is 0 Å². The van der Waals surface area contributed by atoms with Crippen molar-refractivity contribution in [2.75, 3.05) is 16.4 Å². The molecule has 0 fully saturated rings. The molecule has 0 saturated heterocycles. The Morgan fingerprint density at radius 2 is 2.00 bits per heavy atom. The lowest BCUT2D eigenvalue weighted by Gasteiger charge is -2.09. The van der Waals surface area contributed by atoms with Crippen LogP contribution in [0.5, 0.6) is 0 Å². The van der Waals surface area contributed by atoms with E-state index in [9.17, 15) is 10.1 Å². The molecule has 2 heterocycles. The van der Waals surface area contributed by atoms with Crippen LogP contribution in [0.2, 0.25) is 0 Å². The van der Waals surface area contributed by atoms with E-state index in [2.05, 4.69) is 26.9 Å². The van der Waals surface area contributed by atoms with Crippen molar-refractivity contribution in [3.8, 4) is 6.07 Å². The van der Waals surface area contributed by atoms with E-state index in [4.69, 9.17) is 0 Å². The van der Waals surface area contributed by atoms with Crippen molar-refractivity contribution < 1.29 is 4.79 Å². The third kappa shape index (κ3) is 4.96. The molecule has 0 aliphatic heterocycles. The molecular formula is C20H19N5OS3. The second-order valence-corrected chi connectivity index (χ2v) is 9.88. The van der Waals surface area contributed by atoms with Crippen molar-refractivity contribution in [1.82, 2.24) is 10.2 Å². The normalized spacial score (nSPS) is 12.8. The van der Waals surface area contributed by atoms with Crippen molar-refractivity contribution in [2.24, 2.45) is 0 Å². The molecule has 0 saturated carbocycles. The number of hydrogen-bond donors (Lipinski definition) is 2. The van der Waals surface area contributed by atoms with Crippen LogP contribution in [0.25, 0.3) is 0 Å². The number of fused-ring (bicyclic) bond motifs is 1. The first kappa shape index (κ1) is 19.9. The first-order valence-electron chi connectivity index (χ1n) is 9.31. The lowest BCUT2D eigenvalue weighted by Crippen LogP contribution is -2.13. The van der Waals surface area contributed by atoms with Crippen LogP contribution in [0.15, 0.2) is 34.7 Å². The van der Waals surface area contributed by atoms with Crippen molar-refractivity contribution in [2.45, 2.75) is 36.6 Å². The third-order valence-corrected chi connectivity index (χ3v) is 7.78. The number of aryl methyl sites for hydroxylation is 1. The monoisotopic (exact) mass is 441 g/mol. The molecule has 9 heteroatoms. The van der Waals surface area contributed by atoms with Gasteiger partial charge in [0.2, 0.25) is 11.0 Å². The third-order valence-electron chi connectivity index (χ3n) is 4.56. The van der Waals surface area contributed by atoms with E-state index < -0.39 is 0 Å². The number of nitrogens with zero attached hydrogens (tertiary/aromatic N) is 3. The van der Waals surface area contributed by atoms with Crippen LogP contribution in [-0.4, -0.2) is 21.9 Å². The van der Waals surface area contributed by atoms with E-state index in [1.807, 2.05) is 30.3 Å². The summed E-state index contributed by atoms with van der Waals surface area (Å²) >= 11 is 4.33. The fourth-order valence-electron chi connectivity index (χ4n) is 3.18. The number of aromatic nitrogens is 2. The molecule has 1 amide bonds. The summed E-state index contributed by atoms with van der Waals surface area (Å²) in [5.41, 5.74) is 2.94. The number of anilines is 2. The van der Waals surface area contributed by atoms with E-state index in [-0.39, 0.29) is 11.7 Å². The predicted octanol–water partition coefficient (Wildman–Crippen LogP) is 4.69. The average molecular weight is 442 g/mol. The van der Waals surface area contributed by atoms with Gasteiger partial charge >= 0.3 is 0 Å². The van der Waals surface area contributed by atoms with Gasteiger partial charge in [0.25, 0.3) is 0 Å². The van der Waals surface area contributed by atoms with Crippen LogP contribution in [-0.2, 0) is 24.2 Å². The number of nitriles is 1. The van der Waals surface area contributed by atoms with Crippen molar-refractivity contribution in [1.29, 1.82) is 5.26 Å². The lowest BCUT2D eigenvalue weighted by molar-refractivity contribution is -0.113. The van der Waals surface area contributed by atoms with Gasteiger partial charge in [0, 0.05) is 11.4 Å². The maximum atomic E-state index is 12.4. The van der Waals surface area contributed by atoms with Crippen LogP contribution >= 0.6 is 34.4 Å². The Hall–Kier alpha value is -2.41. The molecule has 2 aromatic heterocycles. The second kappa shape index (κ2) is 9.39. The summed E-state index contributed by atoms with van der Waals surface area (Å²) in [6.07, 6.45) is 4.20. The maximum absolute atomic E-state index is 12.4. The Balaban J connectivity index is 1.30. The maximum Gasteiger partial charge on any atom is 0.235 e. The SMILES string of the molecule is N#Cc1c(NC(=O)CSc2nnc(NCc3ccccc3)s2)sc2c1CCCC2. The van der Waals surface area contributed by atoms with Gasteiger partial charge in [-0.05, 0) is 36.8 Å². The van der Waals surface area contributed by atoms with Gasteiger partial charge in [-0.3, -0.25) is 4.79 Å². The van der Waals surface area contributed by atoms with Gasteiger partial charge < -0.3 is 10.6 Å². The van der Waals surface area contributed by atoms with Gasteiger partial charge in [-0.15, -0.1) is 21.5 Å². The quantitative estimate of drug-likeness (QED) is 0.517. The molecule has 0 unspecified atom stereocenters. The summed E-state index contributed by atoms with van der Waals surface area (Å²) in [5, 5.41) is 25.3. The van der Waals surface area contributed by atoms with E-state index in [0.717, 1.165) is 40.7 Å². The van der Waals surface area contributed by atoms with E-state index in [0.29, 0.717) is 17.1 Å². The number of amides is 1. The van der Waals surface area contributed by atoms with E-state index in [1.54, 1.807) is 11.3 Å². The minimum absolute atomic E-state index is 0.126. The molecule has 1 aromatic carbocycles. The summed E-state index contributed by atoms with van der Waals surface area (Å²) in [6.45, 7) is 0.681. The van der Waals surface area contributed by atoms with E-state index >= 15 is 0 Å². The Bertz CT molecular complexity index is 1040. The summed E-state index contributed by atoms with van der Waals surface area (Å²) in [7, 11) is 0. The van der Waals surface area contributed by atoms with Crippen LogP contribution in [0.4, 0.5) is 10.1 Å². The van der Waals surface area contributed by atoms with Gasteiger partial charge in [-0.1, -0.05) is 53.4 Å². The minimum atomic E-state index is -0.126. The zero-order valence-corrected chi connectivity index (χ0v) is 18.1. The molecule has 4 rings (SSSR count). The van der Waals surface area contributed by atoms with Gasteiger partial charge in [0.1, 0.15) is 11.1 Å². The molecule has 0 atom stereocenters. The lowest BCUT2D eigenvalue weighted by atomic mass is 9.96. The number of rotatable bonds is 7. The Morgan fingerprint density at radius 1 is 1.17 bits per heavy atom. The Kier molecular flexibility index (Phi) is 6.44. The van der Waals surface area contributed by atoms with Crippen molar-refractivity contribution in [3.05, 3.63) is 51.9 Å². The first-order valence-corrected chi connectivity index (χ1v) is 11.9. The highest BCUT2D eigenvalue weighted by atomic mass is 32.2. The smallest absolute Gasteiger partial charge is 0.235 e. The Morgan fingerprint density at radius 3 is 2.83 bits per heavy atom. The van der Waals surface area contributed by atoms with Crippen LogP contribution in [0, 0.1) is 11.3 Å². The molecule has 148 valence electrons. The Labute approximate surface area is 181 Å². The predicted molar refractivity (Wildman–Crippen MR) is 119 cm³/mol. The largest absolute Gasteiger partial charge is 0.356 e. The number of carbonyl (C=O) groups excluding carboxylic acids is 1. The first-order chi connectivity index (χ1) is 14.2. The standard InChI is InChI=1S/C20H19N5OS3/c21-10-15-14-8-4-5-9-16(14)28-18(15)23-17(26)12-27-20-25-24-19(29-20)22-11-13-6-2-1-3-7-13/h1-3,6-7H,4-5,8-9,11-12H2,(H,22,24)(H,23,26). The van der Waals surface area contributed by atoms with Crippen LogP contribution < -0.4 is 10.6 Å². The van der Waals surface area contributed by atoms with Gasteiger partial charge in [0.05, 0.1) is 11.3 Å². The molecule has 3 aromatic rings. The molecule has 29 heavy (non-hydrogen) atoms.